The van der Waals surface area contributed by atoms with Gasteiger partial charge in [0.15, 0.2) is 0 Å². The summed E-state index contributed by atoms with van der Waals surface area (Å²) in [6.45, 7) is 4.93. The van der Waals surface area contributed by atoms with Gasteiger partial charge in [-0.2, -0.15) is 0 Å². The van der Waals surface area contributed by atoms with Crippen molar-refractivity contribution in [1.29, 1.82) is 0 Å². The van der Waals surface area contributed by atoms with Gasteiger partial charge in [-0.3, -0.25) is 4.79 Å². The quantitative estimate of drug-likeness (QED) is 0.817. The summed E-state index contributed by atoms with van der Waals surface area (Å²) >= 11 is 0. The summed E-state index contributed by atoms with van der Waals surface area (Å²) in [6.07, 6.45) is 8.59. The van der Waals surface area contributed by atoms with E-state index in [0.29, 0.717) is 30.3 Å². The Morgan fingerprint density at radius 2 is 1.57 bits per heavy atom. The van der Waals surface area contributed by atoms with E-state index in [1.165, 1.54) is 32.1 Å². The highest BCUT2D eigenvalue weighted by atomic mass is 16.3. The van der Waals surface area contributed by atoms with Crippen molar-refractivity contribution in [3.05, 3.63) is 0 Å². The second-order valence-electron chi connectivity index (χ2n) is 7.68. The predicted octanol–water partition coefficient (Wildman–Crippen LogP) is 3.07. The van der Waals surface area contributed by atoms with Crippen LogP contribution in [0.5, 0.6) is 0 Å². The van der Waals surface area contributed by atoms with E-state index in [1.807, 2.05) is 4.90 Å². The lowest BCUT2D eigenvalue weighted by Crippen LogP contribution is -2.54. The first-order valence-electron chi connectivity index (χ1n) is 9.09. The molecule has 120 valence electrons. The Hall–Kier alpha value is -0.570. The number of hydrogen-bond acceptors (Lipinski definition) is 2. The minimum absolute atomic E-state index is 0.0928. The van der Waals surface area contributed by atoms with Gasteiger partial charge in [-0.05, 0) is 68.6 Å². The van der Waals surface area contributed by atoms with Crippen LogP contribution in [0.1, 0.15) is 58.8 Å². The normalized spacial score (nSPS) is 37.2. The SMILES string of the molecule is CCC(CC)N(CCO)C(=O)C1C2CC3CC(C2)CC1C3. The number of amides is 1. The number of carbonyl (C=O) groups excluding carboxylic acids is 1. The third kappa shape index (κ3) is 2.74. The topological polar surface area (TPSA) is 40.5 Å². The van der Waals surface area contributed by atoms with Gasteiger partial charge in [0.1, 0.15) is 0 Å². The molecule has 1 N–H and O–H groups in total. The molecule has 1 amide bonds. The van der Waals surface area contributed by atoms with Crippen molar-refractivity contribution in [2.75, 3.05) is 13.2 Å². The van der Waals surface area contributed by atoms with Gasteiger partial charge < -0.3 is 10.0 Å². The Kier molecular flexibility index (Phi) is 4.58. The van der Waals surface area contributed by atoms with Crippen LogP contribution in [0.4, 0.5) is 0 Å². The first kappa shape index (κ1) is 15.3. The molecule has 4 fully saturated rings. The summed E-state index contributed by atoms with van der Waals surface area (Å²) in [6, 6.07) is 0.307. The Bertz CT molecular complexity index is 349. The van der Waals surface area contributed by atoms with Gasteiger partial charge in [-0.25, -0.2) is 0 Å². The lowest BCUT2D eigenvalue weighted by atomic mass is 9.51. The van der Waals surface area contributed by atoms with Crippen LogP contribution >= 0.6 is 0 Å². The van der Waals surface area contributed by atoms with Crippen molar-refractivity contribution < 1.29 is 9.90 Å². The number of aliphatic hydroxyl groups is 1. The van der Waals surface area contributed by atoms with Gasteiger partial charge in [0, 0.05) is 18.5 Å². The highest BCUT2D eigenvalue weighted by Gasteiger charge is 2.51. The highest BCUT2D eigenvalue weighted by molar-refractivity contribution is 5.80. The molecule has 0 radical (unpaired) electrons. The van der Waals surface area contributed by atoms with E-state index in [9.17, 15) is 9.90 Å². The first-order chi connectivity index (χ1) is 10.2. The van der Waals surface area contributed by atoms with E-state index in [1.54, 1.807) is 0 Å². The second kappa shape index (κ2) is 6.28. The van der Waals surface area contributed by atoms with E-state index in [4.69, 9.17) is 0 Å². The largest absolute Gasteiger partial charge is 0.395 e. The third-order valence-electron chi connectivity index (χ3n) is 6.52. The molecular formula is C18H31NO2. The maximum absolute atomic E-state index is 13.2. The van der Waals surface area contributed by atoms with E-state index in [2.05, 4.69) is 13.8 Å². The maximum atomic E-state index is 13.2. The van der Waals surface area contributed by atoms with Crippen LogP contribution in [-0.2, 0) is 4.79 Å². The zero-order valence-corrected chi connectivity index (χ0v) is 13.6. The maximum Gasteiger partial charge on any atom is 0.226 e. The molecule has 0 atom stereocenters. The van der Waals surface area contributed by atoms with Crippen molar-refractivity contribution in [2.45, 2.75) is 64.8 Å². The van der Waals surface area contributed by atoms with Crippen molar-refractivity contribution in [3.8, 4) is 0 Å². The van der Waals surface area contributed by atoms with Crippen LogP contribution in [0.15, 0.2) is 0 Å². The highest BCUT2D eigenvalue weighted by Crippen LogP contribution is 2.56. The Morgan fingerprint density at radius 1 is 1.05 bits per heavy atom. The molecule has 4 bridgehead atoms. The average Bonchev–Trinajstić information content (AvgIpc) is 2.46. The van der Waals surface area contributed by atoms with E-state index >= 15 is 0 Å². The van der Waals surface area contributed by atoms with Crippen LogP contribution in [-0.4, -0.2) is 35.1 Å². The van der Waals surface area contributed by atoms with Crippen molar-refractivity contribution in [1.82, 2.24) is 4.90 Å². The molecule has 4 aliphatic rings. The van der Waals surface area contributed by atoms with E-state index < -0.39 is 0 Å². The lowest BCUT2D eigenvalue weighted by Gasteiger charge is -2.54. The summed E-state index contributed by atoms with van der Waals surface area (Å²) in [5.41, 5.74) is 0. The summed E-state index contributed by atoms with van der Waals surface area (Å²) < 4.78 is 0. The Balaban J connectivity index is 1.76. The zero-order chi connectivity index (χ0) is 15.0. The number of rotatable bonds is 6. The Morgan fingerprint density at radius 3 is 2.00 bits per heavy atom. The van der Waals surface area contributed by atoms with Crippen LogP contribution in [0.25, 0.3) is 0 Å². The van der Waals surface area contributed by atoms with Gasteiger partial charge in [-0.1, -0.05) is 13.8 Å². The number of nitrogens with zero attached hydrogens (tertiary/aromatic N) is 1. The van der Waals surface area contributed by atoms with Gasteiger partial charge in [0.2, 0.25) is 5.91 Å². The smallest absolute Gasteiger partial charge is 0.226 e. The van der Waals surface area contributed by atoms with E-state index in [-0.39, 0.29) is 12.5 Å². The van der Waals surface area contributed by atoms with Gasteiger partial charge in [0.25, 0.3) is 0 Å². The number of aliphatic hydroxyl groups excluding tert-OH is 1. The molecule has 4 aliphatic carbocycles. The third-order valence-corrected chi connectivity index (χ3v) is 6.52. The molecule has 3 nitrogen and oxygen atoms in total. The fourth-order valence-electron chi connectivity index (χ4n) is 5.83. The van der Waals surface area contributed by atoms with Crippen LogP contribution in [0, 0.1) is 29.6 Å². The van der Waals surface area contributed by atoms with Crippen LogP contribution in [0.3, 0.4) is 0 Å². The van der Waals surface area contributed by atoms with Crippen LogP contribution in [0.2, 0.25) is 0 Å². The fraction of sp³-hybridized carbons (Fsp3) is 0.944. The number of hydrogen-bond donors (Lipinski definition) is 1. The summed E-state index contributed by atoms with van der Waals surface area (Å²) in [7, 11) is 0. The van der Waals surface area contributed by atoms with Gasteiger partial charge in [0.05, 0.1) is 6.61 Å². The molecular weight excluding hydrogens is 262 g/mol. The minimum Gasteiger partial charge on any atom is -0.395 e. The molecule has 3 heteroatoms. The fourth-order valence-corrected chi connectivity index (χ4v) is 5.83. The molecule has 0 spiro atoms. The first-order valence-corrected chi connectivity index (χ1v) is 9.09. The van der Waals surface area contributed by atoms with E-state index in [0.717, 1.165) is 24.7 Å². The molecule has 21 heavy (non-hydrogen) atoms. The average molecular weight is 293 g/mol. The zero-order valence-electron chi connectivity index (χ0n) is 13.6. The molecule has 4 saturated carbocycles. The van der Waals surface area contributed by atoms with Crippen molar-refractivity contribution in [3.63, 3.8) is 0 Å². The monoisotopic (exact) mass is 293 g/mol. The molecule has 0 aromatic carbocycles. The van der Waals surface area contributed by atoms with Gasteiger partial charge >= 0.3 is 0 Å². The molecule has 0 aliphatic heterocycles. The van der Waals surface area contributed by atoms with Crippen LogP contribution < -0.4 is 0 Å². The lowest BCUT2D eigenvalue weighted by molar-refractivity contribution is -0.152. The molecule has 0 saturated heterocycles. The van der Waals surface area contributed by atoms with Crippen molar-refractivity contribution >= 4 is 5.91 Å². The second-order valence-corrected chi connectivity index (χ2v) is 7.68. The summed E-state index contributed by atoms with van der Waals surface area (Å²) in [5, 5.41) is 9.38. The predicted molar refractivity (Wildman–Crippen MR) is 83.7 cm³/mol. The Labute approximate surface area is 129 Å². The molecule has 4 rings (SSSR count). The molecule has 0 unspecified atom stereocenters. The molecule has 0 aromatic rings. The molecule has 0 heterocycles. The summed E-state index contributed by atoms with van der Waals surface area (Å²) in [5.74, 6) is 3.75. The van der Waals surface area contributed by atoms with Crippen molar-refractivity contribution in [2.24, 2.45) is 29.6 Å². The van der Waals surface area contributed by atoms with Gasteiger partial charge in [-0.15, -0.1) is 0 Å². The minimum atomic E-state index is 0.0928. The number of carbonyl (C=O) groups is 1. The summed E-state index contributed by atoms with van der Waals surface area (Å²) in [4.78, 5) is 15.2. The standard InChI is InChI=1S/C18H31NO2/c1-3-16(4-2)19(5-6-20)18(21)17-14-8-12-7-13(10-14)11-15(17)9-12/h12-17,20H,3-11H2,1-2H3. The molecule has 0 aromatic heterocycles.